The Balaban J connectivity index is 2.25. The summed E-state index contributed by atoms with van der Waals surface area (Å²) in [4.78, 5) is 8.81. The van der Waals surface area contributed by atoms with Gasteiger partial charge in [0.1, 0.15) is 12.3 Å². The number of aliphatic hydroxyl groups is 1. The van der Waals surface area contributed by atoms with Crippen molar-refractivity contribution in [1.82, 2.24) is 9.88 Å². The molecule has 1 fully saturated rings. The van der Waals surface area contributed by atoms with Crippen molar-refractivity contribution in [3.05, 3.63) is 23.5 Å². The van der Waals surface area contributed by atoms with E-state index < -0.39 is 12.3 Å². The van der Waals surface area contributed by atoms with E-state index in [2.05, 4.69) is 17.9 Å². The lowest BCUT2D eigenvalue weighted by atomic mass is 10.0. The van der Waals surface area contributed by atoms with Crippen LogP contribution in [0.15, 0.2) is 12.1 Å². The quantitative estimate of drug-likeness (QED) is 0.910. The minimum absolute atomic E-state index is 0.342. The number of hydrogen-bond donors (Lipinski definition) is 1. The van der Waals surface area contributed by atoms with Gasteiger partial charge in [0.2, 0.25) is 0 Å². The molecule has 2 rings (SSSR count). The molecule has 0 aliphatic carbocycles. The number of hydrogen-bond acceptors (Lipinski definition) is 4. The maximum Gasteiger partial charge on any atom is 0.129 e. The molecule has 2 heterocycles. The number of nitrogens with zero attached hydrogens (tertiary/aromatic N) is 3. The molecular formula is C15H24FN3O. The Bertz CT molecular complexity index is 453. The van der Waals surface area contributed by atoms with Crippen molar-refractivity contribution >= 4 is 5.69 Å². The Morgan fingerprint density at radius 1 is 1.45 bits per heavy atom. The molecule has 0 aromatic carbocycles. The van der Waals surface area contributed by atoms with Gasteiger partial charge in [-0.3, -0.25) is 4.98 Å². The summed E-state index contributed by atoms with van der Waals surface area (Å²) in [5.74, 6) is 0. The van der Waals surface area contributed by atoms with Gasteiger partial charge < -0.3 is 14.9 Å². The molecule has 112 valence electrons. The predicted molar refractivity (Wildman–Crippen MR) is 78.7 cm³/mol. The van der Waals surface area contributed by atoms with Gasteiger partial charge >= 0.3 is 0 Å². The second-order valence-corrected chi connectivity index (χ2v) is 5.68. The average molecular weight is 281 g/mol. The van der Waals surface area contributed by atoms with Gasteiger partial charge in [0, 0.05) is 25.3 Å². The fourth-order valence-electron chi connectivity index (χ4n) is 2.56. The summed E-state index contributed by atoms with van der Waals surface area (Å²) in [6.07, 6.45) is -0.734. The van der Waals surface area contributed by atoms with Crippen molar-refractivity contribution < 1.29 is 9.50 Å². The first-order chi connectivity index (χ1) is 9.51. The Morgan fingerprint density at radius 3 is 2.80 bits per heavy atom. The van der Waals surface area contributed by atoms with Crippen LogP contribution in [0, 0.1) is 0 Å². The van der Waals surface area contributed by atoms with Gasteiger partial charge in [-0.25, -0.2) is 4.39 Å². The molecule has 0 saturated carbocycles. The number of pyridine rings is 1. The van der Waals surface area contributed by atoms with Gasteiger partial charge in [0.25, 0.3) is 0 Å². The Labute approximate surface area is 120 Å². The van der Waals surface area contributed by atoms with E-state index in [1.165, 1.54) is 0 Å². The monoisotopic (exact) mass is 281 g/mol. The molecule has 1 aromatic heterocycles. The van der Waals surface area contributed by atoms with E-state index in [4.69, 9.17) is 4.98 Å². The zero-order valence-corrected chi connectivity index (χ0v) is 12.5. The number of aromatic nitrogens is 1. The molecule has 2 atom stereocenters. The summed E-state index contributed by atoms with van der Waals surface area (Å²) in [5, 5.41) is 9.74. The molecule has 1 aliphatic rings. The van der Waals surface area contributed by atoms with Gasteiger partial charge in [-0.2, -0.15) is 0 Å². The van der Waals surface area contributed by atoms with E-state index in [9.17, 15) is 9.50 Å². The van der Waals surface area contributed by atoms with Gasteiger partial charge in [0.15, 0.2) is 0 Å². The van der Waals surface area contributed by atoms with Crippen LogP contribution in [0.1, 0.15) is 24.7 Å². The van der Waals surface area contributed by atoms with Crippen LogP contribution in [-0.2, 0) is 13.0 Å². The maximum absolute atomic E-state index is 13.4. The van der Waals surface area contributed by atoms with E-state index in [1.54, 1.807) is 0 Å². The third-order valence-electron chi connectivity index (χ3n) is 3.68. The first-order valence-electron chi connectivity index (χ1n) is 7.22. The number of piperidine rings is 1. The summed E-state index contributed by atoms with van der Waals surface area (Å²) < 4.78 is 13.4. The number of alkyl halides is 1. The van der Waals surface area contributed by atoms with Crippen LogP contribution in [0.25, 0.3) is 0 Å². The number of aliphatic hydroxyl groups excluding tert-OH is 1. The van der Waals surface area contributed by atoms with E-state index in [-0.39, 0.29) is 0 Å². The highest BCUT2D eigenvalue weighted by molar-refractivity contribution is 5.52. The van der Waals surface area contributed by atoms with Crippen LogP contribution in [0.3, 0.4) is 0 Å². The highest BCUT2D eigenvalue weighted by Gasteiger charge is 2.28. The zero-order chi connectivity index (χ0) is 14.7. The van der Waals surface area contributed by atoms with Crippen molar-refractivity contribution in [1.29, 1.82) is 0 Å². The second kappa shape index (κ2) is 6.50. The topological polar surface area (TPSA) is 39.6 Å². The molecule has 1 aromatic rings. The van der Waals surface area contributed by atoms with Crippen molar-refractivity contribution in [2.24, 2.45) is 0 Å². The lowest BCUT2D eigenvalue weighted by molar-refractivity contribution is 0.0644. The van der Waals surface area contributed by atoms with Gasteiger partial charge in [-0.1, -0.05) is 6.92 Å². The number of anilines is 1. The van der Waals surface area contributed by atoms with Crippen LogP contribution in [0.4, 0.5) is 10.1 Å². The molecule has 1 N–H and O–H groups in total. The normalized spacial score (nSPS) is 23.4. The SMILES string of the molecule is CCc1ccc(N2CC[C@@H](F)[C@H](O)C2)c(CN(C)C)n1. The number of rotatable bonds is 4. The molecule has 0 radical (unpaired) electrons. The summed E-state index contributed by atoms with van der Waals surface area (Å²) >= 11 is 0. The first-order valence-corrected chi connectivity index (χ1v) is 7.22. The average Bonchev–Trinajstić information content (AvgIpc) is 2.41. The van der Waals surface area contributed by atoms with Crippen LogP contribution < -0.4 is 4.90 Å². The van der Waals surface area contributed by atoms with Crippen LogP contribution in [-0.4, -0.2) is 54.5 Å². The van der Waals surface area contributed by atoms with E-state index in [0.717, 1.165) is 30.0 Å². The van der Waals surface area contributed by atoms with Crippen molar-refractivity contribution in [3.63, 3.8) is 0 Å². The molecule has 0 spiro atoms. The largest absolute Gasteiger partial charge is 0.388 e. The van der Waals surface area contributed by atoms with E-state index in [1.807, 2.05) is 25.1 Å². The third-order valence-corrected chi connectivity index (χ3v) is 3.68. The fraction of sp³-hybridized carbons (Fsp3) is 0.667. The molecule has 4 nitrogen and oxygen atoms in total. The molecule has 0 amide bonds. The van der Waals surface area contributed by atoms with Crippen LogP contribution >= 0.6 is 0 Å². The predicted octanol–water partition coefficient (Wildman–Crippen LogP) is 1.61. The van der Waals surface area contributed by atoms with Crippen molar-refractivity contribution in [2.45, 2.75) is 38.6 Å². The summed E-state index contributed by atoms with van der Waals surface area (Å²) in [5.41, 5.74) is 3.08. The highest BCUT2D eigenvalue weighted by Crippen LogP contribution is 2.25. The van der Waals surface area contributed by atoms with Crippen molar-refractivity contribution in [2.75, 3.05) is 32.1 Å². The number of β-amino-alcohol motifs (C(OH)–C–C–N with tert-alkyl or cyclic N) is 1. The van der Waals surface area contributed by atoms with E-state index >= 15 is 0 Å². The smallest absolute Gasteiger partial charge is 0.129 e. The molecule has 0 unspecified atom stereocenters. The summed E-state index contributed by atoms with van der Waals surface area (Å²) in [6.45, 7) is 3.80. The first kappa shape index (κ1) is 15.2. The number of halogens is 1. The third kappa shape index (κ3) is 3.46. The minimum Gasteiger partial charge on any atom is -0.388 e. The summed E-state index contributed by atoms with van der Waals surface area (Å²) in [7, 11) is 4.01. The standard InChI is InChI=1S/C15H24FN3O/c1-4-11-5-6-14(13(17-11)9-18(2)3)19-8-7-12(16)15(20)10-19/h5-6,12,15,20H,4,7-10H2,1-3H3/t12-,15-/m1/s1. The highest BCUT2D eigenvalue weighted by atomic mass is 19.1. The molecule has 0 bridgehead atoms. The Kier molecular flexibility index (Phi) is 4.94. The molecule has 1 aliphatic heterocycles. The lowest BCUT2D eigenvalue weighted by Gasteiger charge is -2.35. The van der Waals surface area contributed by atoms with Gasteiger partial charge in [-0.15, -0.1) is 0 Å². The molecule has 20 heavy (non-hydrogen) atoms. The second-order valence-electron chi connectivity index (χ2n) is 5.68. The number of aryl methyl sites for hydroxylation is 1. The Hall–Kier alpha value is -1.20. The van der Waals surface area contributed by atoms with Gasteiger partial charge in [0.05, 0.1) is 11.4 Å². The fourth-order valence-corrected chi connectivity index (χ4v) is 2.56. The van der Waals surface area contributed by atoms with Crippen LogP contribution in [0.5, 0.6) is 0 Å². The lowest BCUT2D eigenvalue weighted by Crippen LogP contribution is -2.45. The minimum atomic E-state index is -1.11. The van der Waals surface area contributed by atoms with Gasteiger partial charge in [-0.05, 0) is 39.1 Å². The van der Waals surface area contributed by atoms with Crippen LogP contribution in [0.2, 0.25) is 0 Å². The summed E-state index contributed by atoms with van der Waals surface area (Å²) in [6, 6.07) is 4.07. The van der Waals surface area contributed by atoms with Crippen molar-refractivity contribution in [3.8, 4) is 0 Å². The maximum atomic E-state index is 13.4. The zero-order valence-electron chi connectivity index (χ0n) is 12.5. The van der Waals surface area contributed by atoms with E-state index in [0.29, 0.717) is 19.5 Å². The molecule has 5 heteroatoms. The Morgan fingerprint density at radius 2 is 2.20 bits per heavy atom. The molecule has 1 saturated heterocycles. The molecular weight excluding hydrogens is 257 g/mol.